The van der Waals surface area contributed by atoms with Crippen molar-refractivity contribution in [2.45, 2.75) is 18.8 Å². The minimum atomic E-state index is -4.36. The number of rotatable bonds is 4. The number of halogens is 3. The number of alkyl halides is 3. The molecule has 1 aliphatic heterocycles. The molecule has 1 atom stereocenters. The molecule has 1 fully saturated rings. The zero-order valence-electron chi connectivity index (χ0n) is 20.9. The van der Waals surface area contributed by atoms with Crippen molar-refractivity contribution in [1.82, 2.24) is 4.90 Å². The van der Waals surface area contributed by atoms with E-state index in [1.807, 2.05) is 60.7 Å². The van der Waals surface area contributed by atoms with E-state index in [2.05, 4.69) is 23.1 Å². The maximum Gasteiger partial charge on any atom is 0.417 e. The van der Waals surface area contributed by atoms with Crippen LogP contribution in [-0.2, 0) is 38.6 Å². The SMILES string of the molecule is FC(F)(F)c1ccccc1-c1ccc(CN2CC[N-]C(c3ccccc3)C2)cc1.O.O.[Sc].[c-]1ccccc1. The van der Waals surface area contributed by atoms with Gasteiger partial charge in [-0.3, -0.25) is 0 Å². The molecular weight excluding hydrogens is 522 g/mol. The van der Waals surface area contributed by atoms with Crippen LogP contribution in [-0.4, -0.2) is 35.5 Å². The van der Waals surface area contributed by atoms with E-state index in [-0.39, 0.29) is 48.4 Å². The Balaban J connectivity index is 0.000000711. The summed E-state index contributed by atoms with van der Waals surface area (Å²) in [5.74, 6) is 0. The number of hydrogen-bond donors (Lipinski definition) is 0. The van der Waals surface area contributed by atoms with Gasteiger partial charge in [0.15, 0.2) is 0 Å². The van der Waals surface area contributed by atoms with Crippen molar-refractivity contribution in [1.29, 1.82) is 0 Å². The van der Waals surface area contributed by atoms with Crippen molar-refractivity contribution in [3.8, 4) is 11.1 Å². The van der Waals surface area contributed by atoms with Gasteiger partial charge in [0.1, 0.15) is 0 Å². The van der Waals surface area contributed by atoms with E-state index in [9.17, 15) is 13.2 Å². The summed E-state index contributed by atoms with van der Waals surface area (Å²) in [5, 5.41) is 4.73. The van der Waals surface area contributed by atoms with Crippen LogP contribution in [0, 0.1) is 6.07 Å². The molecule has 0 aliphatic carbocycles. The second kappa shape index (κ2) is 16.4. The Morgan fingerprint density at radius 2 is 1.39 bits per heavy atom. The van der Waals surface area contributed by atoms with Gasteiger partial charge in [-0.2, -0.15) is 49.6 Å². The van der Waals surface area contributed by atoms with Crippen LogP contribution in [0.25, 0.3) is 16.4 Å². The molecule has 1 unspecified atom stereocenters. The van der Waals surface area contributed by atoms with E-state index in [1.54, 1.807) is 18.2 Å². The summed E-state index contributed by atoms with van der Waals surface area (Å²) in [6, 6.07) is 36.1. The van der Waals surface area contributed by atoms with Crippen LogP contribution in [0.4, 0.5) is 13.2 Å². The van der Waals surface area contributed by atoms with E-state index in [0.29, 0.717) is 5.56 Å². The third-order valence-electron chi connectivity index (χ3n) is 5.89. The van der Waals surface area contributed by atoms with Gasteiger partial charge in [-0.15, -0.1) is 6.54 Å². The molecule has 0 bridgehead atoms. The van der Waals surface area contributed by atoms with Crippen LogP contribution < -0.4 is 0 Å². The summed E-state index contributed by atoms with van der Waals surface area (Å²) in [5.41, 5.74) is 2.50. The number of benzene rings is 4. The second-order valence-electron chi connectivity index (χ2n) is 8.39. The van der Waals surface area contributed by atoms with Crippen LogP contribution in [0.5, 0.6) is 0 Å². The van der Waals surface area contributed by atoms with Crippen molar-refractivity contribution in [3.63, 3.8) is 0 Å². The molecule has 1 radical (unpaired) electrons. The normalized spacial score (nSPS) is 15.0. The predicted octanol–water partition coefficient (Wildman–Crippen LogP) is 6.14. The standard InChI is InChI=1S/C24H22F3N2.C6H5.2H2O.Sc/c25-24(26,27)22-9-5-4-8-21(22)19-12-10-18(11-13-19)16-29-15-14-28-23(17-29)20-6-2-1-3-7-20;1-2-4-6-5-3-1;;;/h1-13,23H,14-17H2;1-5H;2*1H2;/q2*-1;;;. The minimum Gasteiger partial charge on any atom is -0.654 e. The average molecular weight is 554 g/mol. The Morgan fingerprint density at radius 3 is 1.97 bits per heavy atom. The third-order valence-corrected chi connectivity index (χ3v) is 5.89. The molecule has 4 aromatic carbocycles. The Hall–Kier alpha value is -2.62. The molecule has 1 aliphatic rings. The fourth-order valence-corrected chi connectivity index (χ4v) is 4.15. The first-order valence-corrected chi connectivity index (χ1v) is 11.6. The summed E-state index contributed by atoms with van der Waals surface area (Å²) >= 11 is 0. The first kappa shape index (κ1) is 33.4. The van der Waals surface area contributed by atoms with Crippen molar-refractivity contribution in [2.75, 3.05) is 19.6 Å². The average Bonchev–Trinajstić information content (AvgIpc) is 2.91. The van der Waals surface area contributed by atoms with E-state index < -0.39 is 11.7 Å². The predicted molar refractivity (Wildman–Crippen MR) is 142 cm³/mol. The quantitative estimate of drug-likeness (QED) is 0.280. The van der Waals surface area contributed by atoms with E-state index in [0.717, 1.165) is 37.8 Å². The summed E-state index contributed by atoms with van der Waals surface area (Å²) in [4.78, 5) is 2.35. The van der Waals surface area contributed by atoms with Gasteiger partial charge in [-0.1, -0.05) is 84.4 Å². The van der Waals surface area contributed by atoms with Crippen molar-refractivity contribution >= 4 is 0 Å². The molecule has 1 saturated heterocycles. The Bertz CT molecular complexity index is 1150. The molecule has 38 heavy (non-hydrogen) atoms. The van der Waals surface area contributed by atoms with Gasteiger partial charge in [-0.05, 0) is 35.8 Å². The van der Waals surface area contributed by atoms with Gasteiger partial charge < -0.3 is 21.2 Å². The molecule has 1 heterocycles. The zero-order chi connectivity index (χ0) is 24.5. The van der Waals surface area contributed by atoms with Gasteiger partial charge in [-0.25, -0.2) is 0 Å². The fraction of sp³-hybridized carbons (Fsp3) is 0.200. The van der Waals surface area contributed by atoms with Crippen LogP contribution in [0.3, 0.4) is 0 Å². The molecule has 4 N–H and O–H groups in total. The molecular formula is C30H31F3N2O2Sc-2. The smallest absolute Gasteiger partial charge is 0.417 e. The number of hydrogen-bond acceptors (Lipinski definition) is 1. The zero-order valence-corrected chi connectivity index (χ0v) is 22.7. The summed E-state index contributed by atoms with van der Waals surface area (Å²) in [7, 11) is 0. The molecule has 5 rings (SSSR count). The molecule has 0 saturated carbocycles. The van der Waals surface area contributed by atoms with Crippen LogP contribution >= 0.6 is 0 Å². The molecule has 199 valence electrons. The topological polar surface area (TPSA) is 80.3 Å². The van der Waals surface area contributed by atoms with Crippen molar-refractivity contribution in [3.05, 3.63) is 137 Å². The maximum atomic E-state index is 13.3. The van der Waals surface area contributed by atoms with Crippen LogP contribution in [0.1, 0.15) is 22.7 Å². The summed E-state index contributed by atoms with van der Waals surface area (Å²) in [6.07, 6.45) is -4.36. The third kappa shape index (κ3) is 9.60. The monoisotopic (exact) mass is 553 g/mol. The molecule has 4 nitrogen and oxygen atoms in total. The Kier molecular flexibility index (Phi) is 14.4. The van der Waals surface area contributed by atoms with Gasteiger partial charge in [0.05, 0.1) is 5.56 Å². The van der Waals surface area contributed by atoms with Crippen LogP contribution in [0.2, 0.25) is 0 Å². The van der Waals surface area contributed by atoms with E-state index in [4.69, 9.17) is 5.32 Å². The largest absolute Gasteiger partial charge is 0.654 e. The molecule has 0 aromatic heterocycles. The van der Waals surface area contributed by atoms with Gasteiger partial charge in [0.2, 0.25) is 0 Å². The first-order valence-electron chi connectivity index (χ1n) is 11.6. The first-order chi connectivity index (χ1) is 17.0. The Morgan fingerprint density at radius 1 is 0.789 bits per heavy atom. The van der Waals surface area contributed by atoms with Gasteiger partial charge in [0.25, 0.3) is 0 Å². The maximum absolute atomic E-state index is 13.3. The minimum absolute atomic E-state index is 0. The Labute approximate surface area is 240 Å². The molecule has 0 spiro atoms. The van der Waals surface area contributed by atoms with Crippen molar-refractivity contribution < 1.29 is 50.0 Å². The molecule has 8 heteroatoms. The van der Waals surface area contributed by atoms with Crippen molar-refractivity contribution in [2.24, 2.45) is 0 Å². The van der Waals surface area contributed by atoms with Gasteiger partial charge in [0, 0.05) is 32.4 Å². The van der Waals surface area contributed by atoms with Gasteiger partial charge >= 0.3 is 6.18 Å². The van der Waals surface area contributed by atoms with E-state index >= 15 is 0 Å². The molecule has 0 amide bonds. The molecule has 4 aromatic rings. The van der Waals surface area contributed by atoms with Crippen LogP contribution in [0.15, 0.2) is 109 Å². The summed E-state index contributed by atoms with van der Waals surface area (Å²) in [6.45, 7) is 3.29. The fourth-order valence-electron chi connectivity index (χ4n) is 4.15. The van der Waals surface area contributed by atoms with E-state index in [1.165, 1.54) is 17.7 Å². The summed E-state index contributed by atoms with van der Waals surface area (Å²) < 4.78 is 39.9. The number of nitrogens with zero attached hydrogens (tertiary/aromatic N) is 2. The second-order valence-corrected chi connectivity index (χ2v) is 8.39. The number of piperazine rings is 1.